The van der Waals surface area contributed by atoms with Crippen molar-refractivity contribution in [2.75, 3.05) is 0 Å². The second kappa shape index (κ2) is 11.3. The van der Waals surface area contributed by atoms with E-state index in [1.165, 1.54) is 43.8 Å². The maximum absolute atomic E-state index is 6.38. The molecule has 9 aromatic carbocycles. The van der Waals surface area contributed by atoms with Crippen molar-refractivity contribution in [2.45, 2.75) is 0 Å². The third-order valence-corrected chi connectivity index (χ3v) is 10.7. The number of furan rings is 2. The van der Waals surface area contributed by atoms with Crippen molar-refractivity contribution >= 4 is 65.4 Å². The van der Waals surface area contributed by atoms with Gasteiger partial charge in [-0.05, 0) is 67.1 Å². The summed E-state index contributed by atoms with van der Waals surface area (Å²) in [4.78, 5) is 0. The molecule has 0 unspecified atom stereocenters. The summed E-state index contributed by atoms with van der Waals surface area (Å²) < 4.78 is 12.8. The van der Waals surface area contributed by atoms with Crippen LogP contribution in [0, 0.1) is 0 Å². The molecule has 0 N–H and O–H groups in total. The zero-order valence-corrected chi connectivity index (χ0v) is 28.1. The van der Waals surface area contributed by atoms with Crippen molar-refractivity contribution in [1.29, 1.82) is 0 Å². The lowest BCUT2D eigenvalue weighted by Crippen LogP contribution is -1.91. The number of benzene rings is 9. The van der Waals surface area contributed by atoms with Gasteiger partial charge in [-0.1, -0.05) is 170 Å². The van der Waals surface area contributed by atoms with E-state index in [0.29, 0.717) is 0 Å². The van der Waals surface area contributed by atoms with Gasteiger partial charge in [-0.25, -0.2) is 0 Å². The molecule has 52 heavy (non-hydrogen) atoms. The van der Waals surface area contributed by atoms with Gasteiger partial charge in [0.1, 0.15) is 22.3 Å². The van der Waals surface area contributed by atoms with Crippen LogP contribution >= 0.6 is 0 Å². The number of para-hydroxylation sites is 4. The fraction of sp³-hybridized carbons (Fsp3) is 0. The molecular formula is C50H30O2. The Morgan fingerprint density at radius 3 is 0.923 bits per heavy atom. The van der Waals surface area contributed by atoms with E-state index < -0.39 is 0 Å². The van der Waals surface area contributed by atoms with Crippen molar-refractivity contribution in [3.05, 3.63) is 182 Å². The fourth-order valence-corrected chi connectivity index (χ4v) is 8.33. The predicted molar refractivity (Wildman–Crippen MR) is 218 cm³/mol. The van der Waals surface area contributed by atoms with E-state index in [2.05, 4.69) is 158 Å². The number of hydrogen-bond acceptors (Lipinski definition) is 2. The molecule has 0 saturated heterocycles. The van der Waals surface area contributed by atoms with Gasteiger partial charge < -0.3 is 8.83 Å². The molecule has 0 atom stereocenters. The molecule has 0 saturated carbocycles. The molecule has 242 valence electrons. The van der Waals surface area contributed by atoms with Gasteiger partial charge in [0.25, 0.3) is 0 Å². The highest BCUT2D eigenvalue weighted by Crippen LogP contribution is 2.45. The quantitative estimate of drug-likeness (QED) is 0.175. The molecule has 2 heterocycles. The Morgan fingerprint density at radius 2 is 0.538 bits per heavy atom. The summed E-state index contributed by atoms with van der Waals surface area (Å²) in [5.41, 5.74) is 13.0. The Labute approximate surface area is 299 Å². The molecule has 2 aromatic heterocycles. The normalized spacial score (nSPS) is 11.8. The van der Waals surface area contributed by atoms with Crippen LogP contribution in [0.1, 0.15) is 0 Å². The van der Waals surface area contributed by atoms with E-state index in [4.69, 9.17) is 8.83 Å². The summed E-state index contributed by atoms with van der Waals surface area (Å²) in [6.45, 7) is 0. The van der Waals surface area contributed by atoms with Crippen LogP contribution in [0.15, 0.2) is 191 Å². The van der Waals surface area contributed by atoms with E-state index in [0.717, 1.165) is 66.1 Å². The van der Waals surface area contributed by atoms with Crippen LogP contribution in [0.2, 0.25) is 0 Å². The number of hydrogen-bond donors (Lipinski definition) is 0. The molecule has 0 amide bonds. The summed E-state index contributed by atoms with van der Waals surface area (Å²) in [6.07, 6.45) is 0. The molecule has 2 nitrogen and oxygen atoms in total. The third-order valence-electron chi connectivity index (χ3n) is 10.7. The second-order valence-corrected chi connectivity index (χ2v) is 13.6. The van der Waals surface area contributed by atoms with Gasteiger partial charge in [0.2, 0.25) is 0 Å². The van der Waals surface area contributed by atoms with Crippen LogP contribution in [0.4, 0.5) is 0 Å². The molecule has 0 radical (unpaired) electrons. The molecule has 11 rings (SSSR count). The van der Waals surface area contributed by atoms with Crippen LogP contribution in [-0.4, -0.2) is 0 Å². The van der Waals surface area contributed by atoms with Gasteiger partial charge in [0.05, 0.1) is 0 Å². The SMILES string of the molecule is c1ccc2c(c1)oc1c(-c3ccc(-c4c5ccccc5c(-c5ccc(-c6cccc7c6oc6ccccc67)cc5)c5ccccc45)cc3)cccc12. The molecule has 11 aromatic rings. The molecule has 0 fully saturated rings. The van der Waals surface area contributed by atoms with Crippen LogP contribution < -0.4 is 0 Å². The van der Waals surface area contributed by atoms with Crippen molar-refractivity contribution in [3.63, 3.8) is 0 Å². The first-order valence-corrected chi connectivity index (χ1v) is 17.8. The minimum Gasteiger partial charge on any atom is -0.455 e. The Kier molecular flexibility index (Phi) is 6.28. The lowest BCUT2D eigenvalue weighted by Gasteiger charge is -2.18. The van der Waals surface area contributed by atoms with Gasteiger partial charge in [-0.3, -0.25) is 0 Å². The first-order valence-electron chi connectivity index (χ1n) is 17.8. The van der Waals surface area contributed by atoms with Gasteiger partial charge >= 0.3 is 0 Å². The largest absolute Gasteiger partial charge is 0.455 e. The van der Waals surface area contributed by atoms with Crippen LogP contribution in [0.3, 0.4) is 0 Å². The maximum atomic E-state index is 6.38. The van der Waals surface area contributed by atoms with E-state index in [-0.39, 0.29) is 0 Å². The van der Waals surface area contributed by atoms with E-state index in [1.807, 2.05) is 24.3 Å². The highest BCUT2D eigenvalue weighted by Gasteiger charge is 2.18. The van der Waals surface area contributed by atoms with Crippen LogP contribution in [-0.2, 0) is 0 Å². The third kappa shape index (κ3) is 4.31. The minimum absolute atomic E-state index is 0.915. The van der Waals surface area contributed by atoms with E-state index >= 15 is 0 Å². The van der Waals surface area contributed by atoms with Gasteiger partial charge in [0.15, 0.2) is 0 Å². The molecule has 0 aliphatic carbocycles. The Bertz CT molecular complexity index is 2890. The highest BCUT2D eigenvalue weighted by atomic mass is 16.3. The van der Waals surface area contributed by atoms with Crippen molar-refractivity contribution in [2.24, 2.45) is 0 Å². The zero-order chi connectivity index (χ0) is 34.2. The molecule has 0 aliphatic rings. The lowest BCUT2D eigenvalue weighted by atomic mass is 9.85. The molecule has 0 aliphatic heterocycles. The average molecular weight is 663 g/mol. The first-order chi connectivity index (χ1) is 25.8. The maximum Gasteiger partial charge on any atom is 0.143 e. The summed E-state index contributed by atoms with van der Waals surface area (Å²) in [5.74, 6) is 0. The number of rotatable bonds is 4. The van der Waals surface area contributed by atoms with Crippen LogP contribution in [0.5, 0.6) is 0 Å². The standard InChI is InChI=1S/C50H30O2/c1-2-14-40-39(13-1)47(33-27-23-31(24-28-33)35-17-9-19-43-37-11-5-7-21-45(37)51-49(35)43)41-15-3-4-16-42(41)48(40)34-29-25-32(26-30-34)36-18-10-20-44-38-12-6-8-22-46(38)52-50(36)44/h1-30H. The van der Waals surface area contributed by atoms with E-state index in [9.17, 15) is 0 Å². The summed E-state index contributed by atoms with van der Waals surface area (Å²) in [5, 5.41) is 9.52. The summed E-state index contributed by atoms with van der Waals surface area (Å²) in [6, 6.07) is 65.0. The molecular weight excluding hydrogens is 633 g/mol. The first kappa shape index (κ1) is 28.9. The fourth-order valence-electron chi connectivity index (χ4n) is 8.33. The lowest BCUT2D eigenvalue weighted by molar-refractivity contribution is 0.669. The summed E-state index contributed by atoms with van der Waals surface area (Å²) in [7, 11) is 0. The zero-order valence-electron chi connectivity index (χ0n) is 28.1. The van der Waals surface area contributed by atoms with Gasteiger partial charge in [-0.2, -0.15) is 0 Å². The van der Waals surface area contributed by atoms with Crippen molar-refractivity contribution in [3.8, 4) is 44.5 Å². The summed E-state index contributed by atoms with van der Waals surface area (Å²) >= 11 is 0. The monoisotopic (exact) mass is 662 g/mol. The Hall–Kier alpha value is -6.90. The predicted octanol–water partition coefficient (Wildman–Crippen LogP) is 14.5. The van der Waals surface area contributed by atoms with Gasteiger partial charge in [-0.15, -0.1) is 0 Å². The second-order valence-electron chi connectivity index (χ2n) is 13.6. The van der Waals surface area contributed by atoms with E-state index in [1.54, 1.807) is 0 Å². The average Bonchev–Trinajstić information content (AvgIpc) is 3.79. The van der Waals surface area contributed by atoms with Crippen LogP contribution in [0.25, 0.3) is 110 Å². The van der Waals surface area contributed by atoms with Gasteiger partial charge in [0, 0.05) is 32.7 Å². The molecule has 2 heteroatoms. The smallest absolute Gasteiger partial charge is 0.143 e. The highest BCUT2D eigenvalue weighted by molar-refractivity contribution is 6.21. The Balaban J connectivity index is 1.04. The van der Waals surface area contributed by atoms with Crippen molar-refractivity contribution in [1.82, 2.24) is 0 Å². The Morgan fingerprint density at radius 1 is 0.231 bits per heavy atom. The topological polar surface area (TPSA) is 26.3 Å². The molecule has 0 spiro atoms. The molecule has 0 bridgehead atoms. The minimum atomic E-state index is 0.915. The van der Waals surface area contributed by atoms with Crippen molar-refractivity contribution < 1.29 is 8.83 Å². The number of fused-ring (bicyclic) bond motifs is 8.